The van der Waals surface area contributed by atoms with Crippen molar-refractivity contribution in [3.63, 3.8) is 0 Å². The van der Waals surface area contributed by atoms with Gasteiger partial charge in [-0.3, -0.25) is 4.68 Å². The van der Waals surface area contributed by atoms with E-state index in [1.165, 1.54) is 18.0 Å². The number of aliphatic hydroxyl groups excluding tert-OH is 1. The van der Waals surface area contributed by atoms with Crippen molar-refractivity contribution < 1.29 is 19.4 Å². The van der Waals surface area contributed by atoms with E-state index < -0.39 is 5.97 Å². The number of aromatic nitrogens is 5. The maximum Gasteiger partial charge on any atom is 0.360 e. The molecule has 0 saturated heterocycles. The van der Waals surface area contributed by atoms with Crippen molar-refractivity contribution in [2.75, 3.05) is 20.2 Å². The van der Waals surface area contributed by atoms with Gasteiger partial charge in [-0.1, -0.05) is 5.21 Å². The SMILES string of the molecule is COC(=O)c1cn(CCNC(=O)N2CCn3ncc(CO)c3C2)nn1. The van der Waals surface area contributed by atoms with Crippen LogP contribution in [0.1, 0.15) is 21.7 Å². The molecule has 11 nitrogen and oxygen atoms in total. The number of nitrogens with one attached hydrogen (secondary N) is 1. The number of rotatable bonds is 5. The van der Waals surface area contributed by atoms with Gasteiger partial charge in [-0.2, -0.15) is 5.10 Å². The Hall–Kier alpha value is -2.95. The van der Waals surface area contributed by atoms with Crippen LogP contribution in [0.3, 0.4) is 0 Å². The van der Waals surface area contributed by atoms with Crippen LogP contribution in [0.5, 0.6) is 0 Å². The Labute approximate surface area is 143 Å². The van der Waals surface area contributed by atoms with Gasteiger partial charge in [0.05, 0.1) is 51.4 Å². The average Bonchev–Trinajstić information content (AvgIpc) is 3.27. The summed E-state index contributed by atoms with van der Waals surface area (Å²) in [5.41, 5.74) is 1.70. The van der Waals surface area contributed by atoms with Crippen LogP contribution in [0.4, 0.5) is 4.79 Å². The van der Waals surface area contributed by atoms with Crippen molar-refractivity contribution in [1.82, 2.24) is 35.0 Å². The zero-order valence-electron chi connectivity index (χ0n) is 13.8. The summed E-state index contributed by atoms with van der Waals surface area (Å²) in [6, 6.07) is -0.204. The second-order valence-corrected chi connectivity index (χ2v) is 5.51. The number of amides is 2. The summed E-state index contributed by atoms with van der Waals surface area (Å²) in [5.74, 6) is -0.556. The average molecular weight is 349 g/mol. The number of methoxy groups -OCH3 is 1. The lowest BCUT2D eigenvalue weighted by Gasteiger charge is -2.28. The van der Waals surface area contributed by atoms with Crippen molar-refractivity contribution in [1.29, 1.82) is 0 Å². The Balaban J connectivity index is 1.50. The summed E-state index contributed by atoms with van der Waals surface area (Å²) in [6.07, 6.45) is 3.09. The van der Waals surface area contributed by atoms with Crippen molar-refractivity contribution in [3.8, 4) is 0 Å². The smallest absolute Gasteiger partial charge is 0.360 e. The lowest BCUT2D eigenvalue weighted by atomic mass is 10.2. The van der Waals surface area contributed by atoms with Gasteiger partial charge >= 0.3 is 12.0 Å². The first-order valence-corrected chi connectivity index (χ1v) is 7.78. The predicted octanol–water partition coefficient (Wildman–Crippen LogP) is -1.02. The number of hydrogen-bond acceptors (Lipinski definition) is 7. The highest BCUT2D eigenvalue weighted by atomic mass is 16.5. The number of ether oxygens (including phenoxy) is 1. The molecule has 0 atom stereocenters. The molecule has 0 saturated carbocycles. The number of nitrogens with zero attached hydrogens (tertiary/aromatic N) is 6. The van der Waals surface area contributed by atoms with Crippen molar-refractivity contribution in [3.05, 3.63) is 29.3 Å². The molecule has 2 N–H and O–H groups in total. The van der Waals surface area contributed by atoms with Crippen LogP contribution < -0.4 is 5.32 Å². The summed E-state index contributed by atoms with van der Waals surface area (Å²) in [4.78, 5) is 25.3. The summed E-state index contributed by atoms with van der Waals surface area (Å²) in [7, 11) is 1.27. The number of aliphatic hydroxyl groups is 1. The molecular formula is C14H19N7O4. The van der Waals surface area contributed by atoms with E-state index in [9.17, 15) is 14.7 Å². The first kappa shape index (κ1) is 16.9. The molecule has 2 aromatic heterocycles. The third-order valence-corrected chi connectivity index (χ3v) is 3.97. The maximum absolute atomic E-state index is 12.3. The monoisotopic (exact) mass is 349 g/mol. The lowest BCUT2D eigenvalue weighted by Crippen LogP contribution is -2.45. The number of hydrogen-bond donors (Lipinski definition) is 2. The Morgan fingerprint density at radius 1 is 1.40 bits per heavy atom. The number of esters is 1. The normalized spacial score (nSPS) is 13.4. The van der Waals surface area contributed by atoms with Gasteiger partial charge in [0.15, 0.2) is 5.69 Å². The van der Waals surface area contributed by atoms with E-state index in [0.29, 0.717) is 32.7 Å². The molecule has 134 valence electrons. The Bertz CT molecular complexity index is 756. The first-order chi connectivity index (χ1) is 12.1. The molecule has 1 aliphatic heterocycles. The molecule has 0 fully saturated rings. The highest BCUT2D eigenvalue weighted by molar-refractivity contribution is 5.86. The molecule has 0 bridgehead atoms. The van der Waals surface area contributed by atoms with E-state index in [1.54, 1.807) is 15.8 Å². The predicted molar refractivity (Wildman–Crippen MR) is 83.3 cm³/mol. The molecule has 3 rings (SSSR count). The van der Waals surface area contributed by atoms with Crippen molar-refractivity contribution in [2.45, 2.75) is 26.2 Å². The lowest BCUT2D eigenvalue weighted by molar-refractivity contribution is 0.0594. The van der Waals surface area contributed by atoms with Crippen LogP contribution in [-0.2, 0) is 31.0 Å². The zero-order chi connectivity index (χ0) is 17.8. The van der Waals surface area contributed by atoms with Gasteiger partial charge in [0, 0.05) is 18.7 Å². The minimum atomic E-state index is -0.556. The topological polar surface area (TPSA) is 127 Å². The summed E-state index contributed by atoms with van der Waals surface area (Å²) in [5, 5.41) is 23.8. The highest BCUT2D eigenvalue weighted by Gasteiger charge is 2.23. The zero-order valence-corrected chi connectivity index (χ0v) is 13.8. The number of fused-ring (bicyclic) bond motifs is 1. The maximum atomic E-state index is 12.3. The van der Waals surface area contributed by atoms with Gasteiger partial charge in [-0.15, -0.1) is 5.10 Å². The fourth-order valence-corrected chi connectivity index (χ4v) is 2.60. The fraction of sp³-hybridized carbons (Fsp3) is 0.500. The summed E-state index contributed by atoms with van der Waals surface area (Å²) in [6.45, 7) is 2.15. The standard InChI is InChI=1S/C14H19N7O4/c1-25-13(23)11-7-20(18-17-11)3-2-15-14(24)19-4-5-21-12(8-19)10(9-22)6-16-21/h6-7,22H,2-5,8-9H2,1H3,(H,15,24). The van der Waals surface area contributed by atoms with Crippen LogP contribution in [-0.4, -0.2) is 67.0 Å². The number of carbonyl (C=O) groups is 2. The van der Waals surface area contributed by atoms with Crippen LogP contribution in [0, 0.1) is 0 Å². The van der Waals surface area contributed by atoms with Crippen LogP contribution in [0.25, 0.3) is 0 Å². The molecule has 0 aromatic carbocycles. The number of urea groups is 1. The third kappa shape index (κ3) is 3.60. The second-order valence-electron chi connectivity index (χ2n) is 5.51. The van der Waals surface area contributed by atoms with Crippen LogP contribution in [0.2, 0.25) is 0 Å². The van der Waals surface area contributed by atoms with E-state index in [1.807, 2.05) is 0 Å². The van der Waals surface area contributed by atoms with Crippen molar-refractivity contribution >= 4 is 12.0 Å². The van der Waals surface area contributed by atoms with Gasteiger partial charge in [-0.05, 0) is 0 Å². The Morgan fingerprint density at radius 2 is 2.24 bits per heavy atom. The van der Waals surface area contributed by atoms with E-state index in [2.05, 4.69) is 25.5 Å². The highest BCUT2D eigenvalue weighted by Crippen LogP contribution is 2.16. The van der Waals surface area contributed by atoms with E-state index in [-0.39, 0.29) is 18.3 Å². The molecule has 0 aliphatic carbocycles. The quantitative estimate of drug-likeness (QED) is 0.661. The van der Waals surface area contributed by atoms with Gasteiger partial charge in [0.25, 0.3) is 0 Å². The molecule has 1 aliphatic rings. The van der Waals surface area contributed by atoms with Crippen molar-refractivity contribution in [2.24, 2.45) is 0 Å². The third-order valence-electron chi connectivity index (χ3n) is 3.97. The molecule has 11 heteroatoms. The molecular weight excluding hydrogens is 330 g/mol. The second kappa shape index (κ2) is 7.30. The van der Waals surface area contributed by atoms with Crippen LogP contribution >= 0.6 is 0 Å². The Morgan fingerprint density at radius 3 is 3.00 bits per heavy atom. The minimum absolute atomic E-state index is 0.0976. The molecule has 0 spiro atoms. The van der Waals surface area contributed by atoms with Gasteiger partial charge < -0.3 is 20.1 Å². The minimum Gasteiger partial charge on any atom is -0.464 e. The first-order valence-electron chi connectivity index (χ1n) is 7.78. The molecule has 0 unspecified atom stereocenters. The summed E-state index contributed by atoms with van der Waals surface area (Å²) < 4.78 is 7.82. The number of carbonyl (C=O) groups excluding carboxylic acids is 2. The van der Waals surface area contributed by atoms with Crippen LogP contribution in [0.15, 0.2) is 12.4 Å². The Kier molecular flexibility index (Phi) is 4.93. The van der Waals surface area contributed by atoms with Gasteiger partial charge in [0.2, 0.25) is 0 Å². The molecule has 2 amide bonds. The van der Waals surface area contributed by atoms with E-state index >= 15 is 0 Å². The largest absolute Gasteiger partial charge is 0.464 e. The molecule has 2 aromatic rings. The molecule has 0 radical (unpaired) electrons. The van der Waals surface area contributed by atoms with Gasteiger partial charge in [0.1, 0.15) is 0 Å². The molecule has 3 heterocycles. The summed E-state index contributed by atoms with van der Waals surface area (Å²) >= 11 is 0. The van der Waals surface area contributed by atoms with E-state index in [4.69, 9.17) is 0 Å². The van der Waals surface area contributed by atoms with E-state index in [0.717, 1.165) is 11.3 Å². The van der Waals surface area contributed by atoms with Gasteiger partial charge in [-0.25, -0.2) is 14.3 Å². The fourth-order valence-electron chi connectivity index (χ4n) is 2.60. The molecule has 25 heavy (non-hydrogen) atoms.